The summed E-state index contributed by atoms with van der Waals surface area (Å²) in [4.78, 5) is 1.56. The highest BCUT2D eigenvalue weighted by Gasteiger charge is 1.98. The molecule has 0 bridgehead atoms. The Morgan fingerprint density at radius 2 is 2.08 bits per heavy atom. The summed E-state index contributed by atoms with van der Waals surface area (Å²) in [7, 11) is 0. The maximum atomic E-state index is 2.28. The second kappa shape index (κ2) is 6.50. The molecule has 0 aliphatic carbocycles. The molecule has 0 N–H and O–H groups in total. The minimum atomic E-state index is 1.28. The van der Waals surface area contributed by atoms with Crippen LogP contribution in [-0.2, 0) is 6.42 Å². The van der Waals surface area contributed by atoms with E-state index in [4.69, 9.17) is 0 Å². The molecule has 1 rings (SSSR count). The van der Waals surface area contributed by atoms with Crippen molar-refractivity contribution in [1.29, 1.82) is 0 Å². The third-order valence-electron chi connectivity index (χ3n) is 2.11. The molecule has 0 aliphatic rings. The van der Waals surface area contributed by atoms with Gasteiger partial charge in [-0.1, -0.05) is 26.2 Å². The number of hydrogen-bond donors (Lipinski definition) is 0. The van der Waals surface area contributed by atoms with Gasteiger partial charge in [-0.15, -0.1) is 23.1 Å². The highest BCUT2D eigenvalue weighted by Crippen LogP contribution is 2.26. The Kier molecular flexibility index (Phi) is 5.56. The van der Waals surface area contributed by atoms with Crippen molar-refractivity contribution >= 4 is 23.1 Å². The van der Waals surface area contributed by atoms with Gasteiger partial charge in [-0.25, -0.2) is 0 Å². The van der Waals surface area contributed by atoms with Gasteiger partial charge in [0.05, 0.1) is 4.21 Å². The number of thiophene rings is 1. The Hall–Kier alpha value is 0.0500. The van der Waals surface area contributed by atoms with E-state index < -0.39 is 0 Å². The van der Waals surface area contributed by atoms with Crippen molar-refractivity contribution in [3.05, 3.63) is 17.0 Å². The molecule has 0 saturated carbocycles. The van der Waals surface area contributed by atoms with Gasteiger partial charge in [-0.3, -0.25) is 0 Å². The van der Waals surface area contributed by atoms with Crippen molar-refractivity contribution < 1.29 is 0 Å². The fourth-order valence-corrected chi connectivity index (χ4v) is 2.96. The van der Waals surface area contributed by atoms with Gasteiger partial charge in [-0.2, -0.15) is 0 Å². The Balaban J connectivity index is 2.20. The Bertz CT molecular complexity index is 228. The van der Waals surface area contributed by atoms with Crippen LogP contribution in [0.1, 0.15) is 37.5 Å². The predicted octanol–water partition coefficient (Wildman–Crippen LogP) is 4.59. The molecule has 0 radical (unpaired) electrons. The lowest BCUT2D eigenvalue weighted by Crippen LogP contribution is -1.80. The van der Waals surface area contributed by atoms with Crippen molar-refractivity contribution in [3.63, 3.8) is 0 Å². The molecule has 1 heterocycles. The topological polar surface area (TPSA) is 0 Å². The summed E-state index contributed by atoms with van der Waals surface area (Å²) in [5.74, 6) is 0. The van der Waals surface area contributed by atoms with E-state index in [0.717, 1.165) is 0 Å². The number of unbranched alkanes of at least 4 members (excludes halogenated alkanes) is 3. The first-order chi connectivity index (χ1) is 6.36. The highest BCUT2D eigenvalue weighted by atomic mass is 32.2. The minimum absolute atomic E-state index is 1.28. The van der Waals surface area contributed by atoms with Gasteiger partial charge in [0.1, 0.15) is 0 Å². The lowest BCUT2D eigenvalue weighted by Gasteiger charge is -1.96. The van der Waals surface area contributed by atoms with E-state index in [1.807, 2.05) is 23.1 Å². The van der Waals surface area contributed by atoms with Gasteiger partial charge in [0.15, 0.2) is 0 Å². The van der Waals surface area contributed by atoms with E-state index in [0.29, 0.717) is 0 Å². The fourth-order valence-electron chi connectivity index (χ4n) is 1.33. The molecular weight excluding hydrogens is 196 g/mol. The molecule has 2 heteroatoms. The average molecular weight is 214 g/mol. The van der Waals surface area contributed by atoms with Gasteiger partial charge in [0.25, 0.3) is 0 Å². The van der Waals surface area contributed by atoms with Crippen molar-refractivity contribution in [1.82, 2.24) is 0 Å². The van der Waals surface area contributed by atoms with E-state index in [9.17, 15) is 0 Å². The quantitative estimate of drug-likeness (QED) is 0.493. The lowest BCUT2D eigenvalue weighted by molar-refractivity contribution is 0.670. The van der Waals surface area contributed by atoms with Gasteiger partial charge in [-0.05, 0) is 31.2 Å². The molecular formula is C11H18S2. The maximum Gasteiger partial charge on any atom is 0.0598 e. The number of aryl methyl sites for hydroxylation is 1. The van der Waals surface area contributed by atoms with E-state index in [-0.39, 0.29) is 0 Å². The molecule has 0 fully saturated rings. The molecule has 74 valence electrons. The zero-order chi connectivity index (χ0) is 9.52. The van der Waals surface area contributed by atoms with Gasteiger partial charge in [0.2, 0.25) is 0 Å². The second-order valence-corrected chi connectivity index (χ2v) is 5.51. The average Bonchev–Trinajstić information content (AvgIpc) is 2.60. The summed E-state index contributed by atoms with van der Waals surface area (Å²) in [6.45, 7) is 2.26. The van der Waals surface area contributed by atoms with E-state index in [1.165, 1.54) is 36.3 Å². The molecule has 0 aromatic carbocycles. The maximum absolute atomic E-state index is 2.28. The molecule has 0 aliphatic heterocycles. The van der Waals surface area contributed by atoms with Crippen LogP contribution < -0.4 is 0 Å². The molecule has 1 aromatic heterocycles. The van der Waals surface area contributed by atoms with Crippen molar-refractivity contribution in [2.24, 2.45) is 0 Å². The van der Waals surface area contributed by atoms with Crippen LogP contribution in [0.4, 0.5) is 0 Å². The Labute approximate surface area is 89.7 Å². The van der Waals surface area contributed by atoms with Gasteiger partial charge >= 0.3 is 0 Å². The number of thioether (sulfide) groups is 1. The summed E-state index contributed by atoms with van der Waals surface area (Å²) >= 11 is 3.81. The zero-order valence-electron chi connectivity index (χ0n) is 8.51. The van der Waals surface area contributed by atoms with Crippen LogP contribution >= 0.6 is 23.1 Å². The third kappa shape index (κ3) is 4.19. The molecule has 13 heavy (non-hydrogen) atoms. The summed E-state index contributed by atoms with van der Waals surface area (Å²) < 4.78 is 1.45. The van der Waals surface area contributed by atoms with Crippen LogP contribution in [0.5, 0.6) is 0 Å². The smallest absolute Gasteiger partial charge is 0.0598 e. The molecule has 0 saturated heterocycles. The van der Waals surface area contributed by atoms with Crippen molar-refractivity contribution in [2.75, 3.05) is 6.26 Å². The fraction of sp³-hybridized carbons (Fsp3) is 0.636. The van der Waals surface area contributed by atoms with Crippen LogP contribution in [0.15, 0.2) is 16.3 Å². The van der Waals surface area contributed by atoms with Gasteiger partial charge < -0.3 is 0 Å². The summed E-state index contributed by atoms with van der Waals surface area (Å²) in [5, 5.41) is 0. The number of hydrogen-bond acceptors (Lipinski definition) is 2. The first-order valence-corrected chi connectivity index (χ1v) is 7.03. The molecule has 0 atom stereocenters. The largest absolute Gasteiger partial charge is 0.134 e. The van der Waals surface area contributed by atoms with Crippen LogP contribution in [0, 0.1) is 0 Å². The third-order valence-corrected chi connectivity index (χ3v) is 4.34. The standard InChI is InChI=1S/C11H18S2/c1-3-4-5-6-7-10-8-9-11(12-2)13-10/h8-9H,3-7H2,1-2H3. The van der Waals surface area contributed by atoms with E-state index in [1.54, 1.807) is 4.88 Å². The molecule has 0 nitrogen and oxygen atoms in total. The Morgan fingerprint density at radius 3 is 2.69 bits per heavy atom. The highest BCUT2D eigenvalue weighted by molar-refractivity contribution is 8.00. The summed E-state index contributed by atoms with van der Waals surface area (Å²) in [6, 6.07) is 4.52. The zero-order valence-corrected chi connectivity index (χ0v) is 10.1. The minimum Gasteiger partial charge on any atom is -0.134 e. The molecule has 1 aromatic rings. The van der Waals surface area contributed by atoms with E-state index in [2.05, 4.69) is 25.3 Å². The molecule has 0 unspecified atom stereocenters. The summed E-state index contributed by atoms with van der Waals surface area (Å²) in [6.07, 6.45) is 8.91. The number of rotatable bonds is 6. The van der Waals surface area contributed by atoms with Gasteiger partial charge in [0, 0.05) is 4.88 Å². The van der Waals surface area contributed by atoms with Crippen molar-refractivity contribution in [2.45, 2.75) is 43.2 Å². The van der Waals surface area contributed by atoms with Crippen LogP contribution in [-0.4, -0.2) is 6.26 Å². The first-order valence-electron chi connectivity index (χ1n) is 4.99. The Morgan fingerprint density at radius 1 is 1.23 bits per heavy atom. The first kappa shape index (κ1) is 11.1. The molecule has 0 amide bonds. The van der Waals surface area contributed by atoms with Crippen LogP contribution in [0.3, 0.4) is 0 Å². The predicted molar refractivity (Wildman–Crippen MR) is 63.9 cm³/mol. The lowest BCUT2D eigenvalue weighted by atomic mass is 10.1. The molecule has 0 spiro atoms. The second-order valence-electron chi connectivity index (χ2n) is 3.24. The van der Waals surface area contributed by atoms with Crippen LogP contribution in [0.25, 0.3) is 0 Å². The SMILES string of the molecule is CCCCCCc1ccc(SC)s1. The van der Waals surface area contributed by atoms with E-state index >= 15 is 0 Å². The van der Waals surface area contributed by atoms with Crippen molar-refractivity contribution in [3.8, 4) is 0 Å². The normalized spacial score (nSPS) is 10.6. The monoisotopic (exact) mass is 214 g/mol. The summed E-state index contributed by atoms with van der Waals surface area (Å²) in [5.41, 5.74) is 0. The van der Waals surface area contributed by atoms with Crippen LogP contribution in [0.2, 0.25) is 0 Å².